The van der Waals surface area contributed by atoms with Gasteiger partial charge in [0.2, 0.25) is 0 Å². The highest BCUT2D eigenvalue weighted by Gasteiger charge is 2.44. The molecule has 3 atom stereocenters. The van der Waals surface area contributed by atoms with Crippen molar-refractivity contribution in [2.75, 3.05) is 7.11 Å². The van der Waals surface area contributed by atoms with Crippen molar-refractivity contribution in [1.82, 2.24) is 0 Å². The van der Waals surface area contributed by atoms with E-state index in [0.717, 1.165) is 19.3 Å². The molecule has 2 nitrogen and oxygen atoms in total. The van der Waals surface area contributed by atoms with Gasteiger partial charge in [0.15, 0.2) is 0 Å². The molecule has 2 rings (SSSR count). The van der Waals surface area contributed by atoms with Crippen LogP contribution in [-0.2, 0) is 9.53 Å². The lowest BCUT2D eigenvalue weighted by atomic mass is 9.67. The van der Waals surface area contributed by atoms with E-state index >= 15 is 0 Å². The van der Waals surface area contributed by atoms with Gasteiger partial charge in [0.25, 0.3) is 0 Å². The topological polar surface area (TPSA) is 26.3 Å². The number of carbonyl (C=O) groups is 1. The van der Waals surface area contributed by atoms with Crippen LogP contribution < -0.4 is 0 Å². The number of rotatable bonds is 1. The lowest BCUT2D eigenvalue weighted by Gasteiger charge is -2.44. The second kappa shape index (κ2) is 3.84. The number of carbonyl (C=O) groups excluding carboxylic acids is 1. The predicted molar refractivity (Wildman–Crippen MR) is 58.4 cm³/mol. The summed E-state index contributed by atoms with van der Waals surface area (Å²) in [6.07, 6.45) is 7.02. The zero-order chi connectivity index (χ0) is 10.2. The van der Waals surface area contributed by atoms with Gasteiger partial charge in [-0.05, 0) is 38.0 Å². The summed E-state index contributed by atoms with van der Waals surface area (Å²) in [6, 6.07) is 0. The first-order valence-corrected chi connectivity index (χ1v) is 6.21. The van der Waals surface area contributed by atoms with Crippen LogP contribution in [0.5, 0.6) is 0 Å². The molecule has 0 saturated heterocycles. The second-order valence-electron chi connectivity index (χ2n) is 4.68. The van der Waals surface area contributed by atoms with Crippen LogP contribution in [0.4, 0.5) is 0 Å². The Morgan fingerprint density at radius 3 is 2.93 bits per heavy atom. The Morgan fingerprint density at radius 2 is 2.21 bits per heavy atom. The SMILES string of the molecule is COC(=O)C1CCC2(Br)CCCC1C2. The summed E-state index contributed by atoms with van der Waals surface area (Å²) in [5.74, 6) is 0.738. The van der Waals surface area contributed by atoms with Crippen LogP contribution in [0, 0.1) is 11.8 Å². The molecule has 3 unspecified atom stereocenters. The molecule has 0 aromatic rings. The van der Waals surface area contributed by atoms with Crippen molar-refractivity contribution >= 4 is 21.9 Å². The third-order valence-corrected chi connectivity index (χ3v) is 4.92. The molecule has 80 valence electrons. The molecule has 2 saturated carbocycles. The van der Waals surface area contributed by atoms with E-state index in [2.05, 4.69) is 15.9 Å². The fraction of sp³-hybridized carbons (Fsp3) is 0.909. The fourth-order valence-electron chi connectivity index (χ4n) is 3.04. The first kappa shape index (κ1) is 10.5. The number of halogens is 1. The zero-order valence-electron chi connectivity index (χ0n) is 8.59. The van der Waals surface area contributed by atoms with Crippen LogP contribution in [-0.4, -0.2) is 17.4 Å². The molecule has 0 spiro atoms. The quantitative estimate of drug-likeness (QED) is 0.536. The Kier molecular flexibility index (Phi) is 2.87. The molecule has 0 radical (unpaired) electrons. The predicted octanol–water partition coefficient (Wildman–Crippen LogP) is 2.89. The van der Waals surface area contributed by atoms with Crippen molar-refractivity contribution in [1.29, 1.82) is 0 Å². The summed E-state index contributed by atoms with van der Waals surface area (Å²) in [6.45, 7) is 0. The minimum atomic E-state index is 0.00597. The standard InChI is InChI=1S/C11H17BrO2/c1-14-10(13)9-4-6-11(12)5-2-3-8(9)7-11/h8-9H,2-7H2,1H3. The fourth-order valence-corrected chi connectivity index (χ4v) is 3.96. The summed E-state index contributed by atoms with van der Waals surface area (Å²) in [5.41, 5.74) is 0. The molecule has 2 aliphatic rings. The lowest BCUT2D eigenvalue weighted by molar-refractivity contribution is -0.149. The van der Waals surface area contributed by atoms with E-state index in [1.54, 1.807) is 0 Å². The maximum Gasteiger partial charge on any atom is 0.308 e. The van der Waals surface area contributed by atoms with Gasteiger partial charge in [0.1, 0.15) is 0 Å². The molecule has 3 heteroatoms. The van der Waals surface area contributed by atoms with Gasteiger partial charge >= 0.3 is 5.97 Å². The number of hydrogen-bond donors (Lipinski definition) is 0. The molecule has 2 fully saturated rings. The van der Waals surface area contributed by atoms with E-state index < -0.39 is 0 Å². The van der Waals surface area contributed by atoms with E-state index in [1.807, 2.05) is 0 Å². The number of alkyl halides is 1. The highest BCUT2D eigenvalue weighted by atomic mass is 79.9. The Bertz CT molecular complexity index is 241. The van der Waals surface area contributed by atoms with Gasteiger partial charge in [0, 0.05) is 4.32 Å². The average Bonchev–Trinajstić information content (AvgIpc) is 2.16. The van der Waals surface area contributed by atoms with Crippen molar-refractivity contribution in [2.45, 2.75) is 42.8 Å². The van der Waals surface area contributed by atoms with Crippen molar-refractivity contribution in [3.63, 3.8) is 0 Å². The number of hydrogen-bond acceptors (Lipinski definition) is 2. The van der Waals surface area contributed by atoms with Gasteiger partial charge in [-0.2, -0.15) is 0 Å². The van der Waals surface area contributed by atoms with Crippen molar-refractivity contribution < 1.29 is 9.53 Å². The van der Waals surface area contributed by atoms with Gasteiger partial charge in [0.05, 0.1) is 13.0 Å². The summed E-state index contributed by atoms with van der Waals surface area (Å²) in [7, 11) is 1.50. The van der Waals surface area contributed by atoms with Gasteiger partial charge < -0.3 is 4.74 Å². The van der Waals surface area contributed by atoms with Gasteiger partial charge in [-0.3, -0.25) is 4.79 Å². The number of esters is 1. The largest absolute Gasteiger partial charge is 0.469 e. The molecule has 2 bridgehead atoms. The maximum absolute atomic E-state index is 11.5. The summed E-state index contributed by atoms with van der Waals surface area (Å²) < 4.78 is 5.21. The molecule has 0 aromatic carbocycles. The first-order valence-electron chi connectivity index (χ1n) is 5.41. The monoisotopic (exact) mass is 260 g/mol. The first-order chi connectivity index (χ1) is 6.64. The molecule has 2 aliphatic carbocycles. The van der Waals surface area contributed by atoms with Crippen LogP contribution in [0.25, 0.3) is 0 Å². The van der Waals surface area contributed by atoms with E-state index in [1.165, 1.54) is 26.4 Å². The lowest BCUT2D eigenvalue weighted by Crippen LogP contribution is -2.41. The zero-order valence-corrected chi connectivity index (χ0v) is 10.2. The summed E-state index contributed by atoms with van der Waals surface area (Å²) in [4.78, 5) is 11.5. The van der Waals surface area contributed by atoms with E-state index in [4.69, 9.17) is 4.74 Å². The minimum absolute atomic E-state index is 0.00597. The molecular weight excluding hydrogens is 244 g/mol. The molecule has 0 aliphatic heterocycles. The van der Waals surface area contributed by atoms with Gasteiger partial charge in [-0.1, -0.05) is 22.4 Å². The molecule has 14 heavy (non-hydrogen) atoms. The van der Waals surface area contributed by atoms with Crippen molar-refractivity contribution in [2.24, 2.45) is 11.8 Å². The normalized spacial score (nSPS) is 41.9. The van der Waals surface area contributed by atoms with Crippen molar-refractivity contribution in [3.05, 3.63) is 0 Å². The molecule has 0 heterocycles. The van der Waals surface area contributed by atoms with Crippen LogP contribution in [0.1, 0.15) is 38.5 Å². The van der Waals surface area contributed by atoms with E-state index in [9.17, 15) is 4.79 Å². The molecule has 0 N–H and O–H groups in total. The Hall–Kier alpha value is -0.0500. The number of ether oxygens (including phenoxy) is 1. The van der Waals surface area contributed by atoms with Crippen molar-refractivity contribution in [3.8, 4) is 0 Å². The Morgan fingerprint density at radius 1 is 1.43 bits per heavy atom. The molecule has 0 aromatic heterocycles. The third-order valence-electron chi connectivity index (χ3n) is 3.80. The number of fused-ring (bicyclic) bond motifs is 2. The van der Waals surface area contributed by atoms with Crippen LogP contribution in [0.15, 0.2) is 0 Å². The summed E-state index contributed by atoms with van der Waals surface area (Å²) >= 11 is 3.83. The van der Waals surface area contributed by atoms with E-state index in [-0.39, 0.29) is 11.9 Å². The second-order valence-corrected chi connectivity index (χ2v) is 6.36. The minimum Gasteiger partial charge on any atom is -0.469 e. The maximum atomic E-state index is 11.5. The van der Waals surface area contributed by atoms with Crippen LogP contribution >= 0.6 is 15.9 Å². The van der Waals surface area contributed by atoms with Crippen LogP contribution in [0.3, 0.4) is 0 Å². The van der Waals surface area contributed by atoms with Gasteiger partial charge in [-0.25, -0.2) is 0 Å². The van der Waals surface area contributed by atoms with E-state index in [0.29, 0.717) is 10.2 Å². The average molecular weight is 261 g/mol. The molecular formula is C11H17BrO2. The third kappa shape index (κ3) is 1.83. The highest BCUT2D eigenvalue weighted by Crippen LogP contribution is 2.50. The molecule has 0 amide bonds. The Balaban J connectivity index is 2.07. The smallest absolute Gasteiger partial charge is 0.308 e. The number of methoxy groups -OCH3 is 1. The van der Waals surface area contributed by atoms with Gasteiger partial charge in [-0.15, -0.1) is 0 Å². The van der Waals surface area contributed by atoms with Crippen LogP contribution in [0.2, 0.25) is 0 Å². The Labute approximate surface area is 93.5 Å². The highest BCUT2D eigenvalue weighted by molar-refractivity contribution is 9.10. The summed E-state index contributed by atoms with van der Waals surface area (Å²) in [5, 5.41) is 0.